The van der Waals surface area contributed by atoms with E-state index in [1.807, 2.05) is 6.92 Å². The smallest absolute Gasteiger partial charge is 0.231 e. The topological polar surface area (TPSA) is 75.2 Å². The SMILES string of the molecule is CCCN1CC(C(=O)Nc2nncs2)CC1=O. The number of carbonyl (C=O) groups is 2. The van der Waals surface area contributed by atoms with Crippen LogP contribution in [0.1, 0.15) is 19.8 Å². The standard InChI is InChI=1S/C10H14N4O2S/c1-2-3-14-5-7(4-8(14)15)9(16)12-10-13-11-6-17-10/h6-7H,2-5H2,1H3,(H,12,13,16). The Balaban J connectivity index is 1.91. The predicted octanol–water partition coefficient (Wildman–Crippen LogP) is 0.735. The van der Waals surface area contributed by atoms with Crippen molar-refractivity contribution in [2.24, 2.45) is 5.92 Å². The largest absolute Gasteiger partial charge is 0.342 e. The van der Waals surface area contributed by atoms with Crippen molar-refractivity contribution in [3.8, 4) is 0 Å². The maximum atomic E-state index is 11.9. The summed E-state index contributed by atoms with van der Waals surface area (Å²) in [6.07, 6.45) is 1.21. The number of hydrogen-bond donors (Lipinski definition) is 1. The van der Waals surface area contributed by atoms with Gasteiger partial charge in [0, 0.05) is 19.5 Å². The fraction of sp³-hybridized carbons (Fsp3) is 0.600. The molecule has 2 amide bonds. The molecule has 7 heteroatoms. The summed E-state index contributed by atoms with van der Waals surface area (Å²) in [5.41, 5.74) is 1.55. The Morgan fingerprint density at radius 3 is 3.18 bits per heavy atom. The minimum atomic E-state index is -0.266. The van der Waals surface area contributed by atoms with Gasteiger partial charge in [-0.05, 0) is 6.42 Å². The third kappa shape index (κ3) is 2.79. The molecule has 2 heterocycles. The molecule has 1 aliphatic rings. The van der Waals surface area contributed by atoms with Crippen molar-refractivity contribution in [1.82, 2.24) is 15.1 Å². The summed E-state index contributed by atoms with van der Waals surface area (Å²) in [5, 5.41) is 10.5. The van der Waals surface area contributed by atoms with Gasteiger partial charge in [-0.25, -0.2) is 0 Å². The highest BCUT2D eigenvalue weighted by atomic mass is 32.1. The second-order valence-electron chi connectivity index (χ2n) is 3.97. The van der Waals surface area contributed by atoms with Crippen molar-refractivity contribution in [2.45, 2.75) is 19.8 Å². The molecule has 0 aliphatic carbocycles. The maximum Gasteiger partial charge on any atom is 0.231 e. The Bertz CT molecular complexity index is 406. The lowest BCUT2D eigenvalue weighted by molar-refractivity contribution is -0.128. The Kier molecular flexibility index (Phi) is 3.68. The van der Waals surface area contributed by atoms with Crippen LogP contribution in [0.5, 0.6) is 0 Å². The zero-order chi connectivity index (χ0) is 12.3. The summed E-state index contributed by atoms with van der Waals surface area (Å²) in [5.74, 6) is -0.351. The van der Waals surface area contributed by atoms with Gasteiger partial charge in [0.05, 0.1) is 5.92 Å². The first-order valence-electron chi connectivity index (χ1n) is 5.55. The first-order chi connectivity index (χ1) is 8.20. The summed E-state index contributed by atoms with van der Waals surface area (Å²) in [6.45, 7) is 3.25. The number of rotatable bonds is 4. The van der Waals surface area contributed by atoms with Crippen LogP contribution in [0.4, 0.5) is 5.13 Å². The molecule has 0 aromatic carbocycles. The molecule has 92 valence electrons. The zero-order valence-corrected chi connectivity index (χ0v) is 10.4. The van der Waals surface area contributed by atoms with Crippen molar-refractivity contribution >= 4 is 28.3 Å². The molecular formula is C10H14N4O2S. The molecule has 17 heavy (non-hydrogen) atoms. The number of nitrogens with one attached hydrogen (secondary N) is 1. The van der Waals surface area contributed by atoms with E-state index in [-0.39, 0.29) is 17.7 Å². The van der Waals surface area contributed by atoms with E-state index in [0.717, 1.165) is 13.0 Å². The molecule has 1 N–H and O–H groups in total. The molecule has 0 saturated carbocycles. The van der Waals surface area contributed by atoms with Crippen molar-refractivity contribution in [2.75, 3.05) is 18.4 Å². The van der Waals surface area contributed by atoms with Crippen LogP contribution in [0.2, 0.25) is 0 Å². The van der Waals surface area contributed by atoms with E-state index < -0.39 is 0 Å². The number of amides is 2. The van der Waals surface area contributed by atoms with E-state index in [9.17, 15) is 9.59 Å². The molecule has 6 nitrogen and oxygen atoms in total. The number of aromatic nitrogens is 2. The fourth-order valence-electron chi connectivity index (χ4n) is 1.87. The summed E-state index contributed by atoms with van der Waals surface area (Å²) >= 11 is 1.27. The molecule has 0 spiro atoms. The second kappa shape index (κ2) is 5.22. The van der Waals surface area contributed by atoms with Gasteiger partial charge in [-0.2, -0.15) is 0 Å². The summed E-state index contributed by atoms with van der Waals surface area (Å²) < 4.78 is 0. The van der Waals surface area contributed by atoms with Gasteiger partial charge in [-0.1, -0.05) is 18.3 Å². The Morgan fingerprint density at radius 2 is 2.53 bits per heavy atom. The van der Waals surface area contributed by atoms with Gasteiger partial charge in [0.25, 0.3) is 0 Å². The van der Waals surface area contributed by atoms with Gasteiger partial charge >= 0.3 is 0 Å². The molecule has 1 unspecified atom stereocenters. The van der Waals surface area contributed by atoms with Crippen molar-refractivity contribution in [1.29, 1.82) is 0 Å². The van der Waals surface area contributed by atoms with E-state index in [2.05, 4.69) is 15.5 Å². The molecule has 1 aromatic rings. The number of anilines is 1. The normalized spacial score (nSPS) is 19.7. The summed E-state index contributed by atoms with van der Waals surface area (Å²) in [6, 6.07) is 0. The van der Waals surface area contributed by atoms with Crippen molar-refractivity contribution in [3.63, 3.8) is 0 Å². The second-order valence-corrected chi connectivity index (χ2v) is 4.81. The Morgan fingerprint density at radius 1 is 1.71 bits per heavy atom. The third-order valence-electron chi connectivity index (χ3n) is 2.67. The van der Waals surface area contributed by atoms with Crippen LogP contribution in [-0.2, 0) is 9.59 Å². The minimum Gasteiger partial charge on any atom is -0.342 e. The molecular weight excluding hydrogens is 240 g/mol. The summed E-state index contributed by atoms with van der Waals surface area (Å²) in [4.78, 5) is 25.2. The van der Waals surface area contributed by atoms with Crippen molar-refractivity contribution in [3.05, 3.63) is 5.51 Å². The van der Waals surface area contributed by atoms with Gasteiger partial charge < -0.3 is 10.2 Å². The Labute approximate surface area is 103 Å². The molecule has 1 fully saturated rings. The Hall–Kier alpha value is -1.50. The van der Waals surface area contributed by atoms with Crippen LogP contribution in [0.25, 0.3) is 0 Å². The quantitative estimate of drug-likeness (QED) is 0.859. The van der Waals surface area contributed by atoms with Crippen LogP contribution < -0.4 is 5.32 Å². The first-order valence-corrected chi connectivity index (χ1v) is 6.43. The maximum absolute atomic E-state index is 11.9. The molecule has 1 saturated heterocycles. The molecule has 1 aliphatic heterocycles. The lowest BCUT2D eigenvalue weighted by atomic mass is 10.1. The number of hydrogen-bond acceptors (Lipinski definition) is 5. The molecule has 1 aromatic heterocycles. The number of nitrogens with zero attached hydrogens (tertiary/aromatic N) is 3. The third-order valence-corrected chi connectivity index (χ3v) is 3.28. The highest BCUT2D eigenvalue weighted by Gasteiger charge is 2.33. The van der Waals surface area contributed by atoms with E-state index in [1.54, 1.807) is 10.4 Å². The van der Waals surface area contributed by atoms with Gasteiger partial charge in [0.15, 0.2) is 0 Å². The van der Waals surface area contributed by atoms with Crippen LogP contribution in [0, 0.1) is 5.92 Å². The lowest BCUT2D eigenvalue weighted by Crippen LogP contribution is -2.28. The van der Waals surface area contributed by atoms with Crippen LogP contribution >= 0.6 is 11.3 Å². The first kappa shape index (κ1) is 12.0. The van der Waals surface area contributed by atoms with E-state index in [1.165, 1.54) is 11.3 Å². The fourth-order valence-corrected chi connectivity index (χ4v) is 2.32. The molecule has 2 rings (SSSR count). The van der Waals surface area contributed by atoms with Crippen molar-refractivity contribution < 1.29 is 9.59 Å². The van der Waals surface area contributed by atoms with Gasteiger partial charge in [0.1, 0.15) is 5.51 Å². The highest BCUT2D eigenvalue weighted by molar-refractivity contribution is 7.13. The van der Waals surface area contributed by atoms with E-state index in [4.69, 9.17) is 0 Å². The number of carbonyl (C=O) groups excluding carboxylic acids is 2. The number of likely N-dealkylation sites (tertiary alicyclic amines) is 1. The average Bonchev–Trinajstić information content (AvgIpc) is 2.90. The van der Waals surface area contributed by atoms with Gasteiger partial charge in [0.2, 0.25) is 16.9 Å². The molecule has 0 bridgehead atoms. The summed E-state index contributed by atoms with van der Waals surface area (Å²) in [7, 11) is 0. The van der Waals surface area contributed by atoms with Crippen LogP contribution in [-0.4, -0.2) is 40.0 Å². The predicted molar refractivity (Wildman–Crippen MR) is 63.5 cm³/mol. The van der Waals surface area contributed by atoms with Gasteiger partial charge in [-0.3, -0.25) is 9.59 Å². The van der Waals surface area contributed by atoms with E-state index >= 15 is 0 Å². The van der Waals surface area contributed by atoms with Crippen LogP contribution in [0.15, 0.2) is 5.51 Å². The monoisotopic (exact) mass is 254 g/mol. The lowest BCUT2D eigenvalue weighted by Gasteiger charge is -2.14. The average molecular weight is 254 g/mol. The minimum absolute atomic E-state index is 0.0595. The highest BCUT2D eigenvalue weighted by Crippen LogP contribution is 2.20. The molecule has 0 radical (unpaired) electrons. The van der Waals surface area contributed by atoms with Gasteiger partial charge in [-0.15, -0.1) is 10.2 Å². The van der Waals surface area contributed by atoms with Crippen LogP contribution in [0.3, 0.4) is 0 Å². The zero-order valence-electron chi connectivity index (χ0n) is 9.55. The molecule has 1 atom stereocenters. The van der Waals surface area contributed by atoms with E-state index in [0.29, 0.717) is 18.1 Å².